The van der Waals surface area contributed by atoms with Crippen molar-refractivity contribution in [1.29, 1.82) is 0 Å². The maximum Gasteiger partial charge on any atom is 0.346 e. The molecule has 1 aliphatic carbocycles. The molecule has 20 heavy (non-hydrogen) atoms. The van der Waals surface area contributed by atoms with E-state index in [4.69, 9.17) is 0 Å². The number of amides is 1. The van der Waals surface area contributed by atoms with Gasteiger partial charge in [-0.3, -0.25) is 0 Å². The summed E-state index contributed by atoms with van der Waals surface area (Å²) in [5.74, 6) is 0. The number of carbonyl (C=O) groups is 1. The van der Waals surface area contributed by atoms with E-state index >= 15 is 0 Å². The first-order chi connectivity index (χ1) is 9.37. The minimum absolute atomic E-state index is 0.261. The first kappa shape index (κ1) is 15.0. The third-order valence-corrected chi connectivity index (χ3v) is 5.18. The van der Waals surface area contributed by atoms with Gasteiger partial charge in [-0.05, 0) is 33.1 Å². The van der Waals surface area contributed by atoms with Crippen LogP contribution in [0, 0.1) is 0 Å². The van der Waals surface area contributed by atoms with E-state index in [0.29, 0.717) is 6.54 Å². The SMILES string of the molecule is CCCN(C(=O)n1cnc(S(=O)(=O)C(C)C)n1)C1CC1. The lowest BCUT2D eigenvalue weighted by Crippen LogP contribution is -2.37. The molecule has 1 amide bonds. The molecule has 1 saturated carbocycles. The molecule has 0 N–H and O–H groups in total. The summed E-state index contributed by atoms with van der Waals surface area (Å²) in [5, 5.41) is 2.95. The van der Waals surface area contributed by atoms with E-state index in [2.05, 4.69) is 10.1 Å². The number of aromatic nitrogens is 3. The molecular formula is C12H20N4O3S. The fraction of sp³-hybridized carbons (Fsp3) is 0.750. The molecule has 0 spiro atoms. The number of rotatable bonds is 5. The topological polar surface area (TPSA) is 85.2 Å². The van der Waals surface area contributed by atoms with Crippen molar-refractivity contribution in [3.8, 4) is 0 Å². The van der Waals surface area contributed by atoms with Crippen LogP contribution >= 0.6 is 0 Å². The molecule has 8 heteroatoms. The molecule has 1 heterocycles. The lowest BCUT2D eigenvalue weighted by molar-refractivity contribution is 0.193. The largest absolute Gasteiger partial charge is 0.346 e. The predicted molar refractivity (Wildman–Crippen MR) is 73.2 cm³/mol. The number of hydrogen-bond acceptors (Lipinski definition) is 5. The molecule has 1 aromatic rings. The minimum Gasteiger partial charge on any atom is -0.320 e. The minimum atomic E-state index is -3.55. The Bertz CT molecular complexity index is 590. The van der Waals surface area contributed by atoms with Gasteiger partial charge < -0.3 is 4.90 Å². The molecule has 0 radical (unpaired) electrons. The molecule has 1 aromatic heterocycles. The Morgan fingerprint density at radius 3 is 2.65 bits per heavy atom. The number of sulfone groups is 1. The predicted octanol–water partition coefficient (Wildman–Crippen LogP) is 1.30. The van der Waals surface area contributed by atoms with Gasteiger partial charge in [-0.1, -0.05) is 6.92 Å². The van der Waals surface area contributed by atoms with Crippen LogP contribution in [0.2, 0.25) is 0 Å². The summed E-state index contributed by atoms with van der Waals surface area (Å²) < 4.78 is 24.9. The Balaban J connectivity index is 2.22. The van der Waals surface area contributed by atoms with Crippen molar-refractivity contribution < 1.29 is 13.2 Å². The second-order valence-corrected chi connectivity index (χ2v) is 7.67. The molecule has 0 bridgehead atoms. The summed E-state index contributed by atoms with van der Waals surface area (Å²) in [6.45, 7) is 5.77. The number of carbonyl (C=O) groups excluding carboxylic acids is 1. The highest BCUT2D eigenvalue weighted by Gasteiger charge is 2.34. The fourth-order valence-corrected chi connectivity index (χ4v) is 2.69. The van der Waals surface area contributed by atoms with Crippen LogP contribution in [-0.2, 0) is 9.84 Å². The highest BCUT2D eigenvalue weighted by Crippen LogP contribution is 2.27. The van der Waals surface area contributed by atoms with Gasteiger partial charge in [-0.25, -0.2) is 18.2 Å². The molecule has 112 valence electrons. The summed E-state index contributed by atoms with van der Waals surface area (Å²) in [4.78, 5) is 17.8. The first-order valence-corrected chi connectivity index (χ1v) is 8.39. The highest BCUT2D eigenvalue weighted by molar-refractivity contribution is 7.91. The van der Waals surface area contributed by atoms with Gasteiger partial charge in [0.1, 0.15) is 6.33 Å². The van der Waals surface area contributed by atoms with Crippen LogP contribution in [0.3, 0.4) is 0 Å². The number of nitrogens with zero attached hydrogens (tertiary/aromatic N) is 4. The summed E-state index contributed by atoms with van der Waals surface area (Å²) in [5.41, 5.74) is 0. The smallest absolute Gasteiger partial charge is 0.320 e. The van der Waals surface area contributed by atoms with E-state index in [-0.39, 0.29) is 17.2 Å². The summed E-state index contributed by atoms with van der Waals surface area (Å²) in [6.07, 6.45) is 4.03. The van der Waals surface area contributed by atoms with Gasteiger partial charge in [0.2, 0.25) is 9.84 Å². The average molecular weight is 300 g/mol. The van der Waals surface area contributed by atoms with Crippen LogP contribution in [0.25, 0.3) is 0 Å². The Morgan fingerprint density at radius 1 is 1.50 bits per heavy atom. The van der Waals surface area contributed by atoms with E-state index in [9.17, 15) is 13.2 Å². The van der Waals surface area contributed by atoms with Crippen LogP contribution in [0.5, 0.6) is 0 Å². The molecular weight excluding hydrogens is 280 g/mol. The maximum absolute atomic E-state index is 12.3. The van der Waals surface area contributed by atoms with Crippen LogP contribution in [0.15, 0.2) is 11.5 Å². The van der Waals surface area contributed by atoms with Gasteiger partial charge >= 0.3 is 6.03 Å². The lowest BCUT2D eigenvalue weighted by Gasteiger charge is -2.20. The summed E-state index contributed by atoms with van der Waals surface area (Å²) in [6, 6.07) is -0.0381. The van der Waals surface area contributed by atoms with Crippen molar-refractivity contribution in [2.45, 2.75) is 56.5 Å². The van der Waals surface area contributed by atoms with Gasteiger partial charge in [0.15, 0.2) is 0 Å². The Kier molecular flexibility index (Phi) is 4.12. The molecule has 0 unspecified atom stereocenters. The van der Waals surface area contributed by atoms with Crippen molar-refractivity contribution in [2.24, 2.45) is 0 Å². The molecule has 7 nitrogen and oxygen atoms in total. The monoisotopic (exact) mass is 300 g/mol. The van der Waals surface area contributed by atoms with Crippen LogP contribution in [-0.4, -0.2) is 51.9 Å². The van der Waals surface area contributed by atoms with Gasteiger partial charge in [0.05, 0.1) is 5.25 Å². The fourth-order valence-electron chi connectivity index (χ4n) is 1.87. The molecule has 1 fully saturated rings. The Hall–Kier alpha value is -1.44. The molecule has 0 atom stereocenters. The van der Waals surface area contributed by atoms with Crippen molar-refractivity contribution in [2.75, 3.05) is 6.54 Å². The third-order valence-electron chi connectivity index (χ3n) is 3.24. The van der Waals surface area contributed by atoms with Crippen LogP contribution < -0.4 is 0 Å². The molecule has 0 aliphatic heterocycles. The highest BCUT2D eigenvalue weighted by atomic mass is 32.2. The first-order valence-electron chi connectivity index (χ1n) is 6.84. The molecule has 0 aromatic carbocycles. The summed E-state index contributed by atoms with van der Waals surface area (Å²) >= 11 is 0. The third kappa shape index (κ3) is 2.84. The maximum atomic E-state index is 12.3. The Morgan fingerprint density at radius 2 is 2.15 bits per heavy atom. The van der Waals surface area contributed by atoms with Crippen molar-refractivity contribution in [3.05, 3.63) is 6.33 Å². The second kappa shape index (κ2) is 5.51. The van der Waals surface area contributed by atoms with Crippen molar-refractivity contribution >= 4 is 15.9 Å². The average Bonchev–Trinajstić information content (AvgIpc) is 3.10. The summed E-state index contributed by atoms with van der Waals surface area (Å²) in [7, 11) is -3.55. The van der Waals surface area contributed by atoms with Crippen LogP contribution in [0.4, 0.5) is 4.79 Å². The van der Waals surface area contributed by atoms with Crippen LogP contribution in [0.1, 0.15) is 40.0 Å². The normalized spacial score (nSPS) is 15.6. The molecule has 2 rings (SSSR count). The zero-order valence-electron chi connectivity index (χ0n) is 12.0. The van der Waals surface area contributed by atoms with E-state index in [1.807, 2.05) is 6.92 Å². The zero-order valence-corrected chi connectivity index (χ0v) is 12.8. The van der Waals surface area contributed by atoms with E-state index in [0.717, 1.165) is 23.9 Å². The van der Waals surface area contributed by atoms with Gasteiger partial charge in [-0.15, -0.1) is 5.10 Å². The number of hydrogen-bond donors (Lipinski definition) is 0. The zero-order chi connectivity index (χ0) is 14.9. The standard InChI is InChI=1S/C12H20N4O3S/c1-4-7-15(10-5-6-10)12(17)16-8-13-11(14-16)20(18,19)9(2)3/h8-10H,4-7H2,1-3H3. The van der Waals surface area contributed by atoms with Crippen molar-refractivity contribution in [3.63, 3.8) is 0 Å². The van der Waals surface area contributed by atoms with Gasteiger partial charge in [-0.2, -0.15) is 4.68 Å². The quantitative estimate of drug-likeness (QED) is 0.818. The van der Waals surface area contributed by atoms with Crippen molar-refractivity contribution in [1.82, 2.24) is 19.7 Å². The molecule has 0 saturated heterocycles. The Labute approximate surface area is 118 Å². The van der Waals surface area contributed by atoms with E-state index in [1.165, 1.54) is 6.33 Å². The molecule has 1 aliphatic rings. The van der Waals surface area contributed by atoms with E-state index in [1.54, 1.807) is 18.7 Å². The van der Waals surface area contributed by atoms with Gasteiger partial charge in [0, 0.05) is 12.6 Å². The van der Waals surface area contributed by atoms with Gasteiger partial charge in [0.25, 0.3) is 5.16 Å². The van der Waals surface area contributed by atoms with E-state index < -0.39 is 15.1 Å². The second-order valence-electron chi connectivity index (χ2n) is 5.27. The lowest BCUT2D eigenvalue weighted by atomic mass is 10.4.